The van der Waals surface area contributed by atoms with Gasteiger partial charge in [0.25, 0.3) is 0 Å². The highest BCUT2D eigenvalue weighted by Crippen LogP contribution is 2.51. The van der Waals surface area contributed by atoms with E-state index in [4.69, 9.17) is 28.7 Å². The van der Waals surface area contributed by atoms with Gasteiger partial charge in [-0.05, 0) is 46.7 Å². The molecule has 204 valence electrons. The van der Waals surface area contributed by atoms with E-state index in [0.717, 1.165) is 33.2 Å². The second-order valence-corrected chi connectivity index (χ2v) is 9.55. The minimum Gasteiger partial charge on any atom is -0.493 e. The van der Waals surface area contributed by atoms with Crippen LogP contribution in [0.3, 0.4) is 0 Å². The normalized spacial score (nSPS) is 13.8. The first kappa shape index (κ1) is 24.7. The summed E-state index contributed by atoms with van der Waals surface area (Å²) in [4.78, 5) is 9.57. The molecule has 6 aromatic rings. The number of ether oxygens (including phenoxy) is 5. The summed E-state index contributed by atoms with van der Waals surface area (Å²) in [6, 6.07) is 25.8. The molecule has 0 aliphatic carbocycles. The predicted octanol–water partition coefficient (Wildman–Crippen LogP) is 6.17. The van der Waals surface area contributed by atoms with Crippen molar-refractivity contribution in [2.45, 2.75) is 12.5 Å². The van der Waals surface area contributed by atoms with E-state index in [1.54, 1.807) is 32.2 Å². The number of hydrogen-bond acceptors (Lipinski definition) is 8. The Hall–Kier alpha value is -5.31. The van der Waals surface area contributed by atoms with Gasteiger partial charge in [-0.3, -0.25) is 0 Å². The van der Waals surface area contributed by atoms with Gasteiger partial charge in [0.1, 0.15) is 18.7 Å². The Morgan fingerprint density at radius 3 is 2.37 bits per heavy atom. The van der Waals surface area contributed by atoms with Crippen molar-refractivity contribution in [2.75, 3.05) is 21.3 Å². The van der Waals surface area contributed by atoms with E-state index in [-0.39, 0.29) is 12.5 Å². The zero-order valence-electron chi connectivity index (χ0n) is 22.7. The van der Waals surface area contributed by atoms with Crippen LogP contribution in [0.4, 0.5) is 0 Å². The van der Waals surface area contributed by atoms with Gasteiger partial charge >= 0.3 is 0 Å². The van der Waals surface area contributed by atoms with Crippen LogP contribution < -0.4 is 23.7 Å². The van der Waals surface area contributed by atoms with Crippen molar-refractivity contribution in [3.05, 3.63) is 108 Å². The molecule has 9 nitrogen and oxygen atoms in total. The van der Waals surface area contributed by atoms with Crippen LogP contribution in [0.2, 0.25) is 0 Å². The third kappa shape index (κ3) is 4.13. The third-order valence-corrected chi connectivity index (χ3v) is 7.31. The number of para-hydroxylation sites is 2. The SMILES string of the molecule is COc1ccc(C2c3c(ccc4ccccc34)Oc3ncn4nc(COc5ccccc5OC)nc4c32)cc1OC. The standard InChI is InChI=1S/C32H26N4O5/c1-37-22-10-6-7-11-24(22)40-17-27-34-31-30-28(20-13-14-23(38-2)26(16-20)39-3)29-21-9-5-4-8-19(21)12-15-25(29)41-32(30)33-18-36(31)35-27/h4-16,18,28H,17H2,1-3H3. The summed E-state index contributed by atoms with van der Waals surface area (Å²) < 4.78 is 30.7. The van der Waals surface area contributed by atoms with Gasteiger partial charge in [-0.2, -0.15) is 0 Å². The van der Waals surface area contributed by atoms with Crippen LogP contribution in [0, 0.1) is 0 Å². The summed E-state index contributed by atoms with van der Waals surface area (Å²) in [6.07, 6.45) is 1.62. The maximum absolute atomic E-state index is 6.42. The third-order valence-electron chi connectivity index (χ3n) is 7.31. The van der Waals surface area contributed by atoms with Gasteiger partial charge in [-0.25, -0.2) is 14.5 Å². The lowest BCUT2D eigenvalue weighted by atomic mass is 9.81. The average molecular weight is 547 g/mol. The topological polar surface area (TPSA) is 89.2 Å². The molecule has 1 aliphatic heterocycles. The lowest BCUT2D eigenvalue weighted by molar-refractivity contribution is 0.276. The highest BCUT2D eigenvalue weighted by Gasteiger charge is 2.35. The van der Waals surface area contributed by atoms with Crippen molar-refractivity contribution in [3.8, 4) is 34.6 Å². The van der Waals surface area contributed by atoms with Gasteiger partial charge in [0.15, 0.2) is 34.5 Å². The zero-order valence-corrected chi connectivity index (χ0v) is 22.7. The van der Waals surface area contributed by atoms with E-state index in [0.29, 0.717) is 40.3 Å². The number of aromatic nitrogens is 4. The first-order valence-electron chi connectivity index (χ1n) is 13.1. The molecule has 0 fully saturated rings. The van der Waals surface area contributed by atoms with E-state index >= 15 is 0 Å². The molecule has 2 aromatic heterocycles. The Morgan fingerprint density at radius 1 is 0.780 bits per heavy atom. The number of rotatable bonds is 7. The second-order valence-electron chi connectivity index (χ2n) is 9.55. The number of nitrogens with zero attached hydrogens (tertiary/aromatic N) is 4. The molecular weight excluding hydrogens is 520 g/mol. The Kier molecular flexibility index (Phi) is 6.04. The molecule has 0 saturated heterocycles. The van der Waals surface area contributed by atoms with Crippen LogP contribution in [0.1, 0.15) is 28.4 Å². The average Bonchev–Trinajstić information content (AvgIpc) is 3.46. The lowest BCUT2D eigenvalue weighted by Gasteiger charge is -2.29. The molecule has 41 heavy (non-hydrogen) atoms. The van der Waals surface area contributed by atoms with E-state index in [1.807, 2.05) is 60.7 Å². The van der Waals surface area contributed by atoms with Crippen LogP contribution >= 0.6 is 0 Å². The fourth-order valence-corrected chi connectivity index (χ4v) is 5.46. The van der Waals surface area contributed by atoms with E-state index in [9.17, 15) is 0 Å². The zero-order chi connectivity index (χ0) is 27.9. The molecule has 0 spiro atoms. The van der Waals surface area contributed by atoms with Gasteiger partial charge in [0, 0.05) is 11.5 Å². The van der Waals surface area contributed by atoms with Crippen molar-refractivity contribution in [1.29, 1.82) is 0 Å². The van der Waals surface area contributed by atoms with E-state index in [1.165, 1.54) is 0 Å². The van der Waals surface area contributed by atoms with Gasteiger partial charge < -0.3 is 23.7 Å². The van der Waals surface area contributed by atoms with Crippen molar-refractivity contribution in [2.24, 2.45) is 0 Å². The summed E-state index contributed by atoms with van der Waals surface area (Å²) in [6.45, 7) is 0.151. The van der Waals surface area contributed by atoms with Gasteiger partial charge in [-0.1, -0.05) is 48.5 Å². The fourth-order valence-electron chi connectivity index (χ4n) is 5.46. The largest absolute Gasteiger partial charge is 0.493 e. The smallest absolute Gasteiger partial charge is 0.228 e. The highest BCUT2D eigenvalue weighted by atomic mass is 16.5. The minimum absolute atomic E-state index is 0.151. The lowest BCUT2D eigenvalue weighted by Crippen LogP contribution is -2.15. The Morgan fingerprint density at radius 2 is 1.54 bits per heavy atom. The van der Waals surface area contributed by atoms with Crippen molar-refractivity contribution < 1.29 is 23.7 Å². The quantitative estimate of drug-likeness (QED) is 0.235. The first-order chi connectivity index (χ1) is 20.2. The number of methoxy groups -OCH3 is 3. The van der Waals surface area contributed by atoms with Crippen molar-refractivity contribution >= 4 is 16.4 Å². The molecule has 7 rings (SSSR count). The summed E-state index contributed by atoms with van der Waals surface area (Å²) in [5.41, 5.74) is 3.44. The van der Waals surface area contributed by atoms with Gasteiger partial charge in [-0.15, -0.1) is 5.10 Å². The van der Waals surface area contributed by atoms with Crippen LogP contribution in [0.5, 0.6) is 34.6 Å². The monoisotopic (exact) mass is 546 g/mol. The maximum atomic E-state index is 6.42. The molecule has 1 unspecified atom stereocenters. The minimum atomic E-state index is -0.275. The number of benzene rings is 4. The molecule has 0 bridgehead atoms. The maximum Gasteiger partial charge on any atom is 0.228 e. The Bertz CT molecular complexity index is 1920. The molecular formula is C32H26N4O5. The fraction of sp³-hybridized carbons (Fsp3) is 0.156. The second kappa shape index (κ2) is 10.0. The number of hydrogen-bond donors (Lipinski definition) is 0. The summed E-state index contributed by atoms with van der Waals surface area (Å²) in [5, 5.41) is 6.86. The first-order valence-corrected chi connectivity index (χ1v) is 13.1. The van der Waals surface area contributed by atoms with Crippen LogP contribution in [-0.4, -0.2) is 40.9 Å². The highest BCUT2D eigenvalue weighted by molar-refractivity contribution is 5.91. The molecule has 0 radical (unpaired) electrons. The van der Waals surface area contributed by atoms with Gasteiger partial charge in [0.2, 0.25) is 5.88 Å². The molecule has 9 heteroatoms. The van der Waals surface area contributed by atoms with Gasteiger partial charge in [0.05, 0.1) is 26.9 Å². The van der Waals surface area contributed by atoms with Crippen LogP contribution in [-0.2, 0) is 6.61 Å². The summed E-state index contributed by atoms with van der Waals surface area (Å²) in [5.74, 6) is 3.98. The molecule has 1 atom stereocenters. The number of fused-ring (bicyclic) bond motifs is 6. The predicted molar refractivity (Wildman–Crippen MR) is 153 cm³/mol. The van der Waals surface area contributed by atoms with E-state index in [2.05, 4.69) is 28.3 Å². The van der Waals surface area contributed by atoms with Crippen molar-refractivity contribution in [1.82, 2.24) is 19.6 Å². The van der Waals surface area contributed by atoms with Crippen LogP contribution in [0.15, 0.2) is 85.2 Å². The molecule has 3 heterocycles. The summed E-state index contributed by atoms with van der Waals surface area (Å²) in [7, 11) is 4.87. The molecule has 1 aliphatic rings. The molecule has 4 aromatic carbocycles. The van der Waals surface area contributed by atoms with Crippen molar-refractivity contribution in [3.63, 3.8) is 0 Å². The molecule has 0 saturated carbocycles. The summed E-state index contributed by atoms with van der Waals surface area (Å²) >= 11 is 0. The molecule has 0 N–H and O–H groups in total. The molecule has 0 amide bonds. The Labute approximate surface area is 235 Å². The Balaban J connectivity index is 1.40. The van der Waals surface area contributed by atoms with E-state index < -0.39 is 0 Å². The van der Waals surface area contributed by atoms with Crippen LogP contribution in [0.25, 0.3) is 16.4 Å².